The van der Waals surface area contributed by atoms with Crippen molar-refractivity contribution in [3.8, 4) is 5.75 Å². The lowest BCUT2D eigenvalue weighted by molar-refractivity contribution is -0.123. The second kappa shape index (κ2) is 8.22. The molecule has 4 fully saturated rings. The highest BCUT2D eigenvalue weighted by Crippen LogP contribution is 2.37. The van der Waals surface area contributed by atoms with Gasteiger partial charge in [0.1, 0.15) is 5.75 Å². The summed E-state index contributed by atoms with van der Waals surface area (Å²) in [5.74, 6) is 1.38. The Bertz CT molecular complexity index is 769. The minimum absolute atomic E-state index is 0.0767. The molecule has 2 bridgehead atoms. The maximum atomic E-state index is 13.0. The van der Waals surface area contributed by atoms with Crippen LogP contribution < -0.4 is 10.1 Å². The summed E-state index contributed by atoms with van der Waals surface area (Å²) in [7, 11) is 0. The van der Waals surface area contributed by atoms with Crippen LogP contribution in [0.3, 0.4) is 0 Å². The zero-order chi connectivity index (χ0) is 20.7. The zero-order valence-corrected chi connectivity index (χ0v) is 17.5. The van der Waals surface area contributed by atoms with E-state index in [1.54, 1.807) is 0 Å². The van der Waals surface area contributed by atoms with Gasteiger partial charge in [0, 0.05) is 29.6 Å². The molecule has 2 saturated carbocycles. The van der Waals surface area contributed by atoms with E-state index in [-0.39, 0.29) is 48.1 Å². The van der Waals surface area contributed by atoms with E-state index in [4.69, 9.17) is 4.74 Å². The summed E-state index contributed by atoms with van der Waals surface area (Å²) >= 11 is 0. The van der Waals surface area contributed by atoms with Crippen molar-refractivity contribution < 1.29 is 19.4 Å². The van der Waals surface area contributed by atoms with Crippen molar-refractivity contribution >= 4 is 11.8 Å². The highest BCUT2D eigenvalue weighted by atomic mass is 16.5. The Hall–Kier alpha value is -2.08. The molecule has 30 heavy (non-hydrogen) atoms. The Morgan fingerprint density at radius 2 is 1.53 bits per heavy atom. The third kappa shape index (κ3) is 4.20. The number of aliphatic hydroxyl groups excluding tert-OH is 1. The highest BCUT2D eigenvalue weighted by Gasteiger charge is 2.43. The number of nitrogens with zero attached hydrogens (tertiary/aromatic N) is 1. The van der Waals surface area contributed by atoms with E-state index in [1.165, 1.54) is 0 Å². The molecule has 6 nitrogen and oxygen atoms in total. The molecule has 2 aliphatic heterocycles. The average Bonchev–Trinajstić information content (AvgIpc) is 3.55. The number of fused-ring (bicyclic) bond motifs is 2. The number of rotatable bonds is 5. The molecular weight excluding hydrogens is 380 g/mol. The molecule has 2 amide bonds. The monoisotopic (exact) mass is 412 g/mol. The third-order valence-corrected chi connectivity index (χ3v) is 7.32. The van der Waals surface area contributed by atoms with Gasteiger partial charge in [-0.15, -0.1) is 0 Å². The summed E-state index contributed by atoms with van der Waals surface area (Å²) in [5, 5.41) is 13.1. The van der Waals surface area contributed by atoms with Crippen molar-refractivity contribution in [1.29, 1.82) is 0 Å². The van der Waals surface area contributed by atoms with Gasteiger partial charge in [0.05, 0.1) is 12.2 Å². The SMILES string of the molecule is O=C(NC1CCC(Oc2ccc(C(=O)N3C4CCC3CC(O)C4)cc2)CC1)C1CC1. The Morgan fingerprint density at radius 3 is 2.13 bits per heavy atom. The first kappa shape index (κ1) is 19.9. The van der Waals surface area contributed by atoms with E-state index >= 15 is 0 Å². The van der Waals surface area contributed by atoms with Gasteiger partial charge in [-0.1, -0.05) is 0 Å². The molecule has 2 atom stereocenters. The van der Waals surface area contributed by atoms with Crippen LogP contribution >= 0.6 is 0 Å². The largest absolute Gasteiger partial charge is 0.490 e. The lowest BCUT2D eigenvalue weighted by Crippen LogP contribution is -2.47. The first-order valence-electron chi connectivity index (χ1n) is 11.6. The Labute approximate surface area is 178 Å². The van der Waals surface area contributed by atoms with Crippen molar-refractivity contribution in [3.63, 3.8) is 0 Å². The standard InChI is InChI=1S/C24H32N2O4/c27-20-13-18-7-8-19(14-20)26(18)24(29)16-3-9-21(10-4-16)30-22-11-5-17(6-12-22)25-23(28)15-1-2-15/h3-4,9-10,15,17-20,22,27H,1-2,5-8,11-14H2,(H,25,28). The maximum Gasteiger partial charge on any atom is 0.254 e. The smallest absolute Gasteiger partial charge is 0.254 e. The molecule has 5 rings (SSSR count). The van der Waals surface area contributed by atoms with Gasteiger partial charge in [0.25, 0.3) is 5.91 Å². The minimum Gasteiger partial charge on any atom is -0.490 e. The summed E-state index contributed by atoms with van der Waals surface area (Å²) in [4.78, 5) is 26.9. The molecule has 0 aromatic heterocycles. The van der Waals surface area contributed by atoms with Crippen LogP contribution in [0.5, 0.6) is 5.75 Å². The molecule has 2 unspecified atom stereocenters. The number of nitrogens with one attached hydrogen (secondary N) is 1. The topological polar surface area (TPSA) is 78.9 Å². The molecular formula is C24H32N2O4. The molecule has 6 heteroatoms. The Morgan fingerprint density at radius 1 is 0.900 bits per heavy atom. The predicted molar refractivity (Wildman–Crippen MR) is 112 cm³/mol. The van der Waals surface area contributed by atoms with Crippen molar-refractivity contribution in [2.45, 2.75) is 94.5 Å². The van der Waals surface area contributed by atoms with Gasteiger partial charge in [-0.3, -0.25) is 9.59 Å². The van der Waals surface area contributed by atoms with E-state index in [2.05, 4.69) is 5.32 Å². The fourth-order valence-electron chi connectivity index (χ4n) is 5.49. The van der Waals surface area contributed by atoms with Gasteiger partial charge in [-0.05, 0) is 88.5 Å². The van der Waals surface area contributed by atoms with E-state index in [1.807, 2.05) is 29.2 Å². The van der Waals surface area contributed by atoms with Crippen molar-refractivity contribution in [1.82, 2.24) is 10.2 Å². The normalized spacial score (nSPS) is 33.2. The highest BCUT2D eigenvalue weighted by molar-refractivity contribution is 5.95. The Balaban J connectivity index is 1.12. The van der Waals surface area contributed by atoms with Gasteiger partial charge < -0.3 is 20.1 Å². The van der Waals surface area contributed by atoms with Gasteiger partial charge in [0.15, 0.2) is 0 Å². The van der Waals surface area contributed by atoms with E-state index < -0.39 is 0 Å². The first-order valence-corrected chi connectivity index (χ1v) is 11.6. The number of hydrogen-bond donors (Lipinski definition) is 2. The van der Waals surface area contributed by atoms with Crippen LogP contribution in [-0.4, -0.2) is 52.2 Å². The van der Waals surface area contributed by atoms with Crippen LogP contribution in [0, 0.1) is 5.92 Å². The summed E-state index contributed by atoms with van der Waals surface area (Å²) in [5.41, 5.74) is 0.696. The van der Waals surface area contributed by atoms with Crippen LogP contribution in [0.1, 0.15) is 74.6 Å². The number of amides is 2. The third-order valence-electron chi connectivity index (χ3n) is 7.32. The van der Waals surface area contributed by atoms with Crippen LogP contribution in [0.15, 0.2) is 24.3 Å². The van der Waals surface area contributed by atoms with Crippen molar-refractivity contribution in [3.05, 3.63) is 29.8 Å². The summed E-state index contributed by atoms with van der Waals surface area (Å²) in [6.45, 7) is 0. The number of ether oxygens (including phenoxy) is 1. The Kier molecular flexibility index (Phi) is 5.44. The van der Waals surface area contributed by atoms with Crippen molar-refractivity contribution in [2.75, 3.05) is 0 Å². The number of benzene rings is 1. The van der Waals surface area contributed by atoms with E-state index in [0.29, 0.717) is 18.4 Å². The maximum absolute atomic E-state index is 13.0. The number of aliphatic hydroxyl groups is 1. The quantitative estimate of drug-likeness (QED) is 0.779. The fourth-order valence-corrected chi connectivity index (χ4v) is 5.49. The molecule has 2 N–H and O–H groups in total. The van der Waals surface area contributed by atoms with Gasteiger partial charge in [-0.2, -0.15) is 0 Å². The van der Waals surface area contributed by atoms with E-state index in [0.717, 1.165) is 57.1 Å². The zero-order valence-electron chi connectivity index (χ0n) is 17.5. The number of carbonyl (C=O) groups is 2. The van der Waals surface area contributed by atoms with Crippen molar-refractivity contribution in [2.24, 2.45) is 5.92 Å². The summed E-state index contributed by atoms with van der Waals surface area (Å²) < 4.78 is 6.15. The molecule has 1 aromatic rings. The van der Waals surface area contributed by atoms with Crippen LogP contribution in [0.4, 0.5) is 0 Å². The molecule has 0 radical (unpaired) electrons. The average molecular weight is 413 g/mol. The van der Waals surface area contributed by atoms with Gasteiger partial charge in [-0.25, -0.2) is 0 Å². The van der Waals surface area contributed by atoms with Crippen LogP contribution in [-0.2, 0) is 4.79 Å². The van der Waals surface area contributed by atoms with Crippen LogP contribution in [0.2, 0.25) is 0 Å². The summed E-state index contributed by atoms with van der Waals surface area (Å²) in [6, 6.07) is 8.17. The second-order valence-corrected chi connectivity index (χ2v) is 9.62. The summed E-state index contributed by atoms with van der Waals surface area (Å²) in [6.07, 6.45) is 9.20. The first-order chi connectivity index (χ1) is 14.6. The molecule has 4 aliphatic rings. The number of carbonyl (C=O) groups excluding carboxylic acids is 2. The lowest BCUT2D eigenvalue weighted by atomic mass is 9.92. The van der Waals surface area contributed by atoms with Crippen LogP contribution in [0.25, 0.3) is 0 Å². The molecule has 2 saturated heterocycles. The number of hydrogen-bond acceptors (Lipinski definition) is 4. The minimum atomic E-state index is -0.264. The molecule has 1 aromatic carbocycles. The molecule has 162 valence electrons. The van der Waals surface area contributed by atoms with E-state index in [9.17, 15) is 14.7 Å². The van der Waals surface area contributed by atoms with Gasteiger partial charge >= 0.3 is 0 Å². The molecule has 2 aliphatic carbocycles. The lowest BCUT2D eigenvalue weighted by Gasteiger charge is -2.37. The fraction of sp³-hybridized carbons (Fsp3) is 0.667. The number of piperidine rings is 1. The predicted octanol–water partition coefficient (Wildman–Crippen LogP) is 3.03. The second-order valence-electron chi connectivity index (χ2n) is 9.62. The van der Waals surface area contributed by atoms with Gasteiger partial charge in [0.2, 0.25) is 5.91 Å². The molecule has 0 spiro atoms. The molecule has 2 heterocycles.